The molecule has 0 N–H and O–H groups in total. The number of aromatic nitrogens is 2. The average Bonchev–Trinajstić information content (AvgIpc) is 3.16. The molecule has 2 aliphatic heterocycles. The van der Waals surface area contributed by atoms with E-state index in [0.29, 0.717) is 12.5 Å². The maximum atomic E-state index is 12.5. The van der Waals surface area contributed by atoms with Gasteiger partial charge in [-0.15, -0.1) is 0 Å². The summed E-state index contributed by atoms with van der Waals surface area (Å²) in [5, 5.41) is 4.42. The predicted octanol–water partition coefficient (Wildman–Crippen LogP) is 2.07. The van der Waals surface area contributed by atoms with Gasteiger partial charge in [0.15, 0.2) is 0 Å². The Bertz CT molecular complexity index is 537. The van der Waals surface area contributed by atoms with Gasteiger partial charge in [-0.05, 0) is 33.1 Å². The van der Waals surface area contributed by atoms with Crippen molar-refractivity contribution in [1.82, 2.24) is 19.6 Å². The molecule has 0 spiro atoms. The van der Waals surface area contributed by atoms with Gasteiger partial charge in [0.1, 0.15) is 0 Å². The molecule has 1 aromatic rings. The highest BCUT2D eigenvalue weighted by Crippen LogP contribution is 2.17. The Balaban J connectivity index is 1.48. The van der Waals surface area contributed by atoms with Gasteiger partial charge < -0.3 is 9.64 Å². The van der Waals surface area contributed by atoms with Gasteiger partial charge in [0.2, 0.25) is 5.91 Å². The molecule has 1 amide bonds. The van der Waals surface area contributed by atoms with E-state index in [1.807, 2.05) is 15.8 Å². The van der Waals surface area contributed by atoms with Crippen molar-refractivity contribution in [3.8, 4) is 0 Å². The Morgan fingerprint density at radius 2 is 2.17 bits per heavy atom. The first-order valence-electron chi connectivity index (χ1n) is 9.26. The molecule has 0 aromatic carbocycles. The molecule has 0 unspecified atom stereocenters. The molecule has 2 fully saturated rings. The van der Waals surface area contributed by atoms with E-state index >= 15 is 0 Å². The first kappa shape index (κ1) is 17.4. The second-order valence-electron chi connectivity index (χ2n) is 7.27. The lowest BCUT2D eigenvalue weighted by atomic mass is 10.1. The summed E-state index contributed by atoms with van der Waals surface area (Å²) in [4.78, 5) is 16.9. The molecule has 2 saturated heterocycles. The van der Waals surface area contributed by atoms with E-state index in [1.54, 1.807) is 0 Å². The lowest BCUT2D eigenvalue weighted by molar-refractivity contribution is -0.133. The summed E-state index contributed by atoms with van der Waals surface area (Å²) < 4.78 is 7.60. The number of nitrogens with zero attached hydrogens (tertiary/aromatic N) is 4. The van der Waals surface area contributed by atoms with Crippen LogP contribution in [0.4, 0.5) is 0 Å². The molecule has 6 heteroatoms. The number of hydrogen-bond acceptors (Lipinski definition) is 4. The standard InChI is InChI=1S/C18H30N4O2/c1-15(2)22-14-16(12-19-22)13-20-6-4-7-21(9-8-20)18(23)11-17-5-3-10-24-17/h12,14-15,17H,3-11,13H2,1-2H3/t17-/m1/s1. The first-order valence-corrected chi connectivity index (χ1v) is 9.26. The first-order chi connectivity index (χ1) is 11.6. The molecule has 1 aromatic heterocycles. The van der Waals surface area contributed by atoms with Crippen molar-refractivity contribution in [2.45, 2.75) is 58.2 Å². The minimum Gasteiger partial charge on any atom is -0.378 e. The van der Waals surface area contributed by atoms with Crippen LogP contribution < -0.4 is 0 Å². The fourth-order valence-corrected chi connectivity index (χ4v) is 3.51. The smallest absolute Gasteiger partial charge is 0.225 e. The Hall–Kier alpha value is -1.40. The molecule has 2 aliphatic rings. The molecule has 3 rings (SSSR count). The molecular weight excluding hydrogens is 304 g/mol. The Labute approximate surface area is 144 Å². The van der Waals surface area contributed by atoms with Gasteiger partial charge >= 0.3 is 0 Å². The molecule has 134 valence electrons. The highest BCUT2D eigenvalue weighted by atomic mass is 16.5. The summed E-state index contributed by atoms with van der Waals surface area (Å²) in [7, 11) is 0. The van der Waals surface area contributed by atoms with Crippen molar-refractivity contribution in [2.24, 2.45) is 0 Å². The average molecular weight is 334 g/mol. The van der Waals surface area contributed by atoms with Crippen LogP contribution in [0, 0.1) is 0 Å². The van der Waals surface area contributed by atoms with E-state index in [2.05, 4.69) is 30.0 Å². The van der Waals surface area contributed by atoms with Gasteiger partial charge in [0.05, 0.1) is 18.7 Å². The van der Waals surface area contributed by atoms with Crippen LogP contribution in [-0.4, -0.2) is 64.4 Å². The van der Waals surface area contributed by atoms with E-state index in [9.17, 15) is 4.79 Å². The van der Waals surface area contributed by atoms with Crippen molar-refractivity contribution < 1.29 is 9.53 Å². The van der Waals surface area contributed by atoms with Crippen molar-refractivity contribution in [1.29, 1.82) is 0 Å². The Morgan fingerprint density at radius 1 is 1.29 bits per heavy atom. The summed E-state index contributed by atoms with van der Waals surface area (Å²) in [6.45, 7) is 9.68. The third-order valence-corrected chi connectivity index (χ3v) is 4.96. The topological polar surface area (TPSA) is 50.6 Å². The maximum Gasteiger partial charge on any atom is 0.225 e. The normalized spacial score (nSPS) is 23.0. The minimum absolute atomic E-state index is 0.152. The molecule has 1 atom stereocenters. The van der Waals surface area contributed by atoms with Crippen molar-refractivity contribution in [3.63, 3.8) is 0 Å². The molecule has 3 heterocycles. The number of amides is 1. The SMILES string of the molecule is CC(C)n1cc(CN2CCCN(C(=O)C[C@H]3CCCO3)CC2)cn1. The molecule has 0 aliphatic carbocycles. The van der Waals surface area contributed by atoms with Crippen molar-refractivity contribution in [2.75, 3.05) is 32.8 Å². The Kier molecular flexibility index (Phi) is 5.89. The number of rotatable bonds is 5. The molecule has 6 nitrogen and oxygen atoms in total. The third kappa shape index (κ3) is 4.57. The van der Waals surface area contributed by atoms with E-state index in [0.717, 1.165) is 58.6 Å². The summed E-state index contributed by atoms with van der Waals surface area (Å²) >= 11 is 0. The number of hydrogen-bond donors (Lipinski definition) is 0. The Morgan fingerprint density at radius 3 is 2.88 bits per heavy atom. The number of carbonyl (C=O) groups is 1. The lowest BCUT2D eigenvalue weighted by Crippen LogP contribution is -2.36. The van der Waals surface area contributed by atoms with Gasteiger partial charge in [-0.25, -0.2) is 0 Å². The van der Waals surface area contributed by atoms with Gasteiger partial charge in [0.25, 0.3) is 0 Å². The van der Waals surface area contributed by atoms with Gasteiger partial charge in [-0.1, -0.05) is 0 Å². The quantitative estimate of drug-likeness (QED) is 0.827. The third-order valence-electron chi connectivity index (χ3n) is 4.96. The highest BCUT2D eigenvalue weighted by molar-refractivity contribution is 5.76. The van der Waals surface area contributed by atoms with Crippen LogP contribution in [0.2, 0.25) is 0 Å². The molecule has 0 saturated carbocycles. The zero-order valence-corrected chi connectivity index (χ0v) is 15.0. The highest BCUT2D eigenvalue weighted by Gasteiger charge is 2.24. The largest absolute Gasteiger partial charge is 0.378 e. The molecular formula is C18H30N4O2. The summed E-state index contributed by atoms with van der Waals surface area (Å²) in [6, 6.07) is 0.397. The summed E-state index contributed by atoms with van der Waals surface area (Å²) in [5.74, 6) is 0.261. The van der Waals surface area contributed by atoms with Crippen LogP contribution in [0.1, 0.15) is 51.1 Å². The fraction of sp³-hybridized carbons (Fsp3) is 0.778. The van der Waals surface area contributed by atoms with Crippen LogP contribution in [0.3, 0.4) is 0 Å². The van der Waals surface area contributed by atoms with Crippen molar-refractivity contribution in [3.05, 3.63) is 18.0 Å². The minimum atomic E-state index is 0.152. The second kappa shape index (κ2) is 8.12. The van der Waals surface area contributed by atoms with E-state index < -0.39 is 0 Å². The molecule has 0 bridgehead atoms. The predicted molar refractivity (Wildman–Crippen MR) is 92.7 cm³/mol. The zero-order chi connectivity index (χ0) is 16.9. The van der Waals surface area contributed by atoms with E-state index in [-0.39, 0.29) is 12.0 Å². The summed E-state index contributed by atoms with van der Waals surface area (Å²) in [5.41, 5.74) is 1.25. The number of ether oxygens (including phenoxy) is 1. The zero-order valence-electron chi connectivity index (χ0n) is 15.0. The van der Waals surface area contributed by atoms with Crippen LogP contribution >= 0.6 is 0 Å². The fourth-order valence-electron chi connectivity index (χ4n) is 3.51. The van der Waals surface area contributed by atoms with Gasteiger partial charge in [-0.2, -0.15) is 5.10 Å². The van der Waals surface area contributed by atoms with E-state index in [1.165, 1.54) is 5.56 Å². The van der Waals surface area contributed by atoms with Crippen molar-refractivity contribution >= 4 is 5.91 Å². The monoisotopic (exact) mass is 334 g/mol. The lowest BCUT2D eigenvalue weighted by Gasteiger charge is -2.23. The van der Waals surface area contributed by atoms with Gasteiger partial charge in [0, 0.05) is 57.1 Å². The number of carbonyl (C=O) groups excluding carboxylic acids is 1. The second-order valence-corrected chi connectivity index (χ2v) is 7.27. The van der Waals surface area contributed by atoms with Crippen LogP contribution in [-0.2, 0) is 16.1 Å². The van der Waals surface area contributed by atoms with Crippen LogP contribution in [0.25, 0.3) is 0 Å². The summed E-state index contributed by atoms with van der Waals surface area (Å²) in [6.07, 6.45) is 7.97. The van der Waals surface area contributed by atoms with E-state index in [4.69, 9.17) is 4.74 Å². The maximum absolute atomic E-state index is 12.5. The van der Waals surface area contributed by atoms with Crippen LogP contribution in [0.5, 0.6) is 0 Å². The van der Waals surface area contributed by atoms with Gasteiger partial charge in [-0.3, -0.25) is 14.4 Å². The molecule has 24 heavy (non-hydrogen) atoms. The van der Waals surface area contributed by atoms with Crippen LogP contribution in [0.15, 0.2) is 12.4 Å². The molecule has 0 radical (unpaired) electrons.